The summed E-state index contributed by atoms with van der Waals surface area (Å²) in [4.78, 5) is 15.8. The first-order valence-corrected chi connectivity index (χ1v) is 9.04. The highest BCUT2D eigenvalue weighted by Gasteiger charge is 2.28. The SMILES string of the molecule is NCC1CCCN1C(=O)c1ccc(CSc2ccccc2)cc1. The minimum atomic E-state index is 0.111. The van der Waals surface area contributed by atoms with Gasteiger partial charge in [-0.2, -0.15) is 0 Å². The molecule has 1 aliphatic heterocycles. The normalized spacial score (nSPS) is 17.4. The Morgan fingerprint density at radius 1 is 1.13 bits per heavy atom. The molecule has 3 nitrogen and oxygen atoms in total. The zero-order valence-corrected chi connectivity index (χ0v) is 14.0. The highest BCUT2D eigenvalue weighted by molar-refractivity contribution is 7.98. The summed E-state index contributed by atoms with van der Waals surface area (Å²) in [5.74, 6) is 1.02. The van der Waals surface area contributed by atoms with Crippen molar-refractivity contribution in [2.75, 3.05) is 13.1 Å². The zero-order valence-electron chi connectivity index (χ0n) is 13.2. The van der Waals surface area contributed by atoms with Crippen LogP contribution in [0.1, 0.15) is 28.8 Å². The topological polar surface area (TPSA) is 46.3 Å². The van der Waals surface area contributed by atoms with Crippen LogP contribution in [0.2, 0.25) is 0 Å². The van der Waals surface area contributed by atoms with Crippen molar-refractivity contribution in [2.45, 2.75) is 29.5 Å². The average molecular weight is 326 g/mol. The number of rotatable bonds is 5. The fourth-order valence-corrected chi connectivity index (χ4v) is 3.82. The number of benzene rings is 2. The van der Waals surface area contributed by atoms with Crippen LogP contribution >= 0.6 is 11.8 Å². The van der Waals surface area contributed by atoms with E-state index in [1.807, 2.05) is 35.2 Å². The van der Waals surface area contributed by atoms with Gasteiger partial charge >= 0.3 is 0 Å². The second-order valence-corrected chi connectivity index (χ2v) is 6.88. The monoisotopic (exact) mass is 326 g/mol. The fourth-order valence-electron chi connectivity index (χ4n) is 2.94. The lowest BCUT2D eigenvalue weighted by molar-refractivity contribution is 0.0741. The predicted molar refractivity (Wildman–Crippen MR) is 95.6 cm³/mol. The predicted octanol–water partition coefficient (Wildman–Crippen LogP) is 3.54. The van der Waals surface area contributed by atoms with Gasteiger partial charge in [0.15, 0.2) is 0 Å². The molecule has 120 valence electrons. The summed E-state index contributed by atoms with van der Waals surface area (Å²) >= 11 is 1.81. The highest BCUT2D eigenvalue weighted by atomic mass is 32.2. The lowest BCUT2D eigenvalue weighted by Crippen LogP contribution is -2.39. The van der Waals surface area contributed by atoms with Crippen molar-refractivity contribution >= 4 is 17.7 Å². The molecule has 4 heteroatoms. The van der Waals surface area contributed by atoms with Crippen LogP contribution in [-0.4, -0.2) is 29.9 Å². The smallest absolute Gasteiger partial charge is 0.254 e. The van der Waals surface area contributed by atoms with Crippen molar-refractivity contribution in [1.29, 1.82) is 0 Å². The molecule has 0 bridgehead atoms. The van der Waals surface area contributed by atoms with Crippen LogP contribution in [0, 0.1) is 0 Å². The molecule has 1 fully saturated rings. The van der Waals surface area contributed by atoms with Gasteiger partial charge in [0, 0.05) is 35.3 Å². The number of hydrogen-bond donors (Lipinski definition) is 1. The number of nitrogens with two attached hydrogens (primary N) is 1. The Labute approximate surface area is 141 Å². The lowest BCUT2D eigenvalue weighted by Gasteiger charge is -2.23. The van der Waals surface area contributed by atoms with Crippen LogP contribution in [0.5, 0.6) is 0 Å². The Balaban J connectivity index is 1.61. The molecule has 0 saturated carbocycles. The number of hydrogen-bond acceptors (Lipinski definition) is 3. The van der Waals surface area contributed by atoms with E-state index in [4.69, 9.17) is 5.73 Å². The van der Waals surface area contributed by atoms with E-state index in [2.05, 4.69) is 24.3 Å². The van der Waals surface area contributed by atoms with E-state index in [1.54, 1.807) is 11.8 Å². The van der Waals surface area contributed by atoms with Gasteiger partial charge in [-0.3, -0.25) is 4.79 Å². The molecule has 0 radical (unpaired) electrons. The van der Waals surface area contributed by atoms with Crippen molar-refractivity contribution in [1.82, 2.24) is 4.90 Å². The van der Waals surface area contributed by atoms with E-state index in [9.17, 15) is 4.79 Å². The Hall–Kier alpha value is -1.78. The second-order valence-electron chi connectivity index (χ2n) is 5.83. The van der Waals surface area contributed by atoms with E-state index in [1.165, 1.54) is 10.5 Å². The molecule has 1 aliphatic rings. The van der Waals surface area contributed by atoms with Gasteiger partial charge in [-0.05, 0) is 42.7 Å². The molecule has 1 amide bonds. The van der Waals surface area contributed by atoms with Crippen LogP contribution < -0.4 is 5.73 Å². The first-order chi connectivity index (χ1) is 11.3. The molecule has 0 spiro atoms. The molecule has 1 unspecified atom stereocenters. The maximum atomic E-state index is 12.6. The van der Waals surface area contributed by atoms with Gasteiger partial charge in [0.2, 0.25) is 0 Å². The van der Waals surface area contributed by atoms with E-state index in [-0.39, 0.29) is 11.9 Å². The molecular weight excluding hydrogens is 304 g/mol. The van der Waals surface area contributed by atoms with Crippen LogP contribution in [0.4, 0.5) is 0 Å². The molecule has 0 aliphatic carbocycles. The van der Waals surface area contributed by atoms with Gasteiger partial charge in [0.25, 0.3) is 5.91 Å². The molecule has 1 saturated heterocycles. The van der Waals surface area contributed by atoms with Crippen LogP contribution in [0.15, 0.2) is 59.5 Å². The van der Waals surface area contributed by atoms with Crippen molar-refractivity contribution in [2.24, 2.45) is 5.73 Å². The third-order valence-electron chi connectivity index (χ3n) is 4.26. The zero-order chi connectivity index (χ0) is 16.1. The summed E-state index contributed by atoms with van der Waals surface area (Å²) in [7, 11) is 0. The average Bonchev–Trinajstić information content (AvgIpc) is 3.09. The van der Waals surface area contributed by atoms with Crippen molar-refractivity contribution < 1.29 is 4.79 Å². The van der Waals surface area contributed by atoms with E-state index in [0.717, 1.165) is 30.7 Å². The number of thioether (sulfide) groups is 1. The van der Waals surface area contributed by atoms with E-state index >= 15 is 0 Å². The Morgan fingerprint density at radius 2 is 1.87 bits per heavy atom. The molecule has 1 atom stereocenters. The Morgan fingerprint density at radius 3 is 2.57 bits per heavy atom. The first-order valence-electron chi connectivity index (χ1n) is 8.06. The number of amides is 1. The molecule has 23 heavy (non-hydrogen) atoms. The maximum Gasteiger partial charge on any atom is 0.254 e. The van der Waals surface area contributed by atoms with Gasteiger partial charge in [-0.1, -0.05) is 30.3 Å². The van der Waals surface area contributed by atoms with Gasteiger partial charge in [0.05, 0.1) is 0 Å². The Bertz CT molecular complexity index is 642. The number of nitrogens with zero attached hydrogens (tertiary/aromatic N) is 1. The van der Waals surface area contributed by atoms with Crippen molar-refractivity contribution in [3.8, 4) is 0 Å². The molecule has 0 aromatic heterocycles. The summed E-state index contributed by atoms with van der Waals surface area (Å²) in [5, 5.41) is 0. The maximum absolute atomic E-state index is 12.6. The molecular formula is C19H22N2OS. The minimum Gasteiger partial charge on any atom is -0.334 e. The fraction of sp³-hybridized carbons (Fsp3) is 0.316. The molecule has 2 aromatic rings. The van der Waals surface area contributed by atoms with Crippen LogP contribution in [0.3, 0.4) is 0 Å². The standard InChI is InChI=1S/C19H22N2OS/c20-13-17-5-4-12-21(17)19(22)16-10-8-15(9-11-16)14-23-18-6-2-1-3-7-18/h1-3,6-11,17H,4-5,12-14,20H2. The third kappa shape index (κ3) is 3.95. The van der Waals surface area contributed by atoms with Gasteiger partial charge in [-0.15, -0.1) is 11.8 Å². The molecule has 2 aromatic carbocycles. The summed E-state index contributed by atoms with van der Waals surface area (Å²) < 4.78 is 0. The molecule has 1 heterocycles. The summed E-state index contributed by atoms with van der Waals surface area (Å²) in [6, 6.07) is 18.5. The third-order valence-corrected chi connectivity index (χ3v) is 5.34. The minimum absolute atomic E-state index is 0.111. The largest absolute Gasteiger partial charge is 0.334 e. The number of carbonyl (C=O) groups excluding carboxylic acids is 1. The van der Waals surface area contributed by atoms with Crippen LogP contribution in [-0.2, 0) is 5.75 Å². The van der Waals surface area contributed by atoms with E-state index in [0.29, 0.717) is 6.54 Å². The second kappa shape index (κ2) is 7.66. The van der Waals surface area contributed by atoms with Gasteiger partial charge < -0.3 is 10.6 Å². The van der Waals surface area contributed by atoms with Crippen LogP contribution in [0.25, 0.3) is 0 Å². The summed E-state index contributed by atoms with van der Waals surface area (Å²) in [6.07, 6.45) is 2.08. The first kappa shape index (κ1) is 16.1. The molecule has 2 N–H and O–H groups in total. The number of carbonyl (C=O) groups is 1. The quantitative estimate of drug-likeness (QED) is 0.855. The highest BCUT2D eigenvalue weighted by Crippen LogP contribution is 2.23. The van der Waals surface area contributed by atoms with E-state index < -0.39 is 0 Å². The molecule has 3 rings (SSSR count). The summed E-state index contributed by atoms with van der Waals surface area (Å²) in [5.41, 5.74) is 7.75. The van der Waals surface area contributed by atoms with Gasteiger partial charge in [0.1, 0.15) is 0 Å². The number of likely N-dealkylation sites (tertiary alicyclic amines) is 1. The van der Waals surface area contributed by atoms with Gasteiger partial charge in [-0.25, -0.2) is 0 Å². The lowest BCUT2D eigenvalue weighted by atomic mass is 10.1. The Kier molecular flexibility index (Phi) is 5.36. The van der Waals surface area contributed by atoms with Crippen molar-refractivity contribution in [3.63, 3.8) is 0 Å². The van der Waals surface area contributed by atoms with Crippen molar-refractivity contribution in [3.05, 3.63) is 65.7 Å². The summed E-state index contributed by atoms with van der Waals surface area (Å²) in [6.45, 7) is 1.38.